The van der Waals surface area contributed by atoms with Gasteiger partial charge in [-0.2, -0.15) is 10.4 Å². The SMILES string of the molecule is CCSc1nn(-c2ccc(C#N)cc2)c(N)c1C(=O)O. The van der Waals surface area contributed by atoms with E-state index in [1.54, 1.807) is 24.3 Å². The van der Waals surface area contributed by atoms with Gasteiger partial charge in [0.05, 0.1) is 17.3 Å². The first-order chi connectivity index (χ1) is 9.58. The molecule has 0 bridgehead atoms. The van der Waals surface area contributed by atoms with Gasteiger partial charge in [0.15, 0.2) is 0 Å². The molecule has 1 aromatic carbocycles. The van der Waals surface area contributed by atoms with Crippen LogP contribution in [0.1, 0.15) is 22.8 Å². The van der Waals surface area contributed by atoms with E-state index in [2.05, 4.69) is 5.10 Å². The van der Waals surface area contributed by atoms with Crippen molar-refractivity contribution in [2.24, 2.45) is 0 Å². The van der Waals surface area contributed by atoms with Gasteiger partial charge in [0.1, 0.15) is 16.4 Å². The lowest BCUT2D eigenvalue weighted by Crippen LogP contribution is -2.05. The number of thioether (sulfide) groups is 1. The molecule has 0 saturated carbocycles. The van der Waals surface area contributed by atoms with Crippen LogP contribution in [-0.2, 0) is 0 Å². The van der Waals surface area contributed by atoms with Crippen LogP contribution in [0.3, 0.4) is 0 Å². The van der Waals surface area contributed by atoms with Crippen molar-refractivity contribution in [3.8, 4) is 11.8 Å². The number of aromatic carboxylic acids is 1. The minimum atomic E-state index is -1.10. The van der Waals surface area contributed by atoms with E-state index >= 15 is 0 Å². The van der Waals surface area contributed by atoms with E-state index in [-0.39, 0.29) is 11.4 Å². The molecule has 7 heteroatoms. The van der Waals surface area contributed by atoms with E-state index in [9.17, 15) is 9.90 Å². The first kappa shape index (κ1) is 14.0. The van der Waals surface area contributed by atoms with Crippen LogP contribution in [0.15, 0.2) is 29.3 Å². The van der Waals surface area contributed by atoms with Gasteiger partial charge in [-0.05, 0) is 30.0 Å². The summed E-state index contributed by atoms with van der Waals surface area (Å²) in [4.78, 5) is 11.3. The quantitative estimate of drug-likeness (QED) is 0.835. The minimum Gasteiger partial charge on any atom is -0.477 e. The van der Waals surface area contributed by atoms with Gasteiger partial charge in [-0.1, -0.05) is 6.92 Å². The predicted octanol–water partition coefficient (Wildman–Crippen LogP) is 2.14. The van der Waals surface area contributed by atoms with Gasteiger partial charge in [0, 0.05) is 0 Å². The summed E-state index contributed by atoms with van der Waals surface area (Å²) in [5, 5.41) is 22.6. The molecule has 0 saturated heterocycles. The molecule has 0 aliphatic carbocycles. The van der Waals surface area contributed by atoms with Gasteiger partial charge in [-0.25, -0.2) is 9.48 Å². The number of hydrogen-bond donors (Lipinski definition) is 2. The Kier molecular flexibility index (Phi) is 3.96. The van der Waals surface area contributed by atoms with E-state index in [0.29, 0.717) is 22.0 Å². The van der Waals surface area contributed by atoms with E-state index in [1.165, 1.54) is 16.4 Å². The Morgan fingerprint density at radius 3 is 2.65 bits per heavy atom. The first-order valence-electron chi connectivity index (χ1n) is 5.83. The molecule has 0 fully saturated rings. The highest BCUT2D eigenvalue weighted by atomic mass is 32.2. The summed E-state index contributed by atoms with van der Waals surface area (Å²) in [6.07, 6.45) is 0. The van der Waals surface area contributed by atoms with Crippen molar-refractivity contribution in [1.29, 1.82) is 5.26 Å². The van der Waals surface area contributed by atoms with Gasteiger partial charge < -0.3 is 10.8 Å². The molecule has 0 spiro atoms. The Morgan fingerprint density at radius 2 is 2.15 bits per heavy atom. The lowest BCUT2D eigenvalue weighted by Gasteiger charge is -2.03. The molecular weight excluding hydrogens is 276 g/mol. The summed E-state index contributed by atoms with van der Waals surface area (Å²) in [7, 11) is 0. The monoisotopic (exact) mass is 288 g/mol. The van der Waals surface area contributed by atoms with Crippen molar-refractivity contribution in [3.63, 3.8) is 0 Å². The second-order valence-electron chi connectivity index (χ2n) is 3.87. The number of aromatic nitrogens is 2. The highest BCUT2D eigenvalue weighted by molar-refractivity contribution is 7.99. The molecular formula is C13H12N4O2S. The third-order valence-electron chi connectivity index (χ3n) is 2.62. The Labute approximate surface area is 119 Å². The largest absolute Gasteiger partial charge is 0.477 e. The van der Waals surface area contributed by atoms with E-state index in [0.717, 1.165) is 0 Å². The van der Waals surface area contributed by atoms with Crippen molar-refractivity contribution in [2.75, 3.05) is 11.5 Å². The third kappa shape index (κ3) is 2.46. The molecule has 6 nitrogen and oxygen atoms in total. The Hall–Kier alpha value is -2.46. The van der Waals surface area contributed by atoms with Gasteiger partial charge in [-0.15, -0.1) is 11.8 Å². The zero-order valence-electron chi connectivity index (χ0n) is 10.7. The molecule has 2 aromatic rings. The van der Waals surface area contributed by atoms with Gasteiger partial charge in [-0.3, -0.25) is 0 Å². The maximum atomic E-state index is 11.3. The fourth-order valence-electron chi connectivity index (χ4n) is 1.72. The lowest BCUT2D eigenvalue weighted by molar-refractivity contribution is 0.0694. The standard InChI is InChI=1S/C13H12N4O2S/c1-2-20-12-10(13(18)19)11(15)17(16-12)9-5-3-8(7-14)4-6-9/h3-6H,2,15H2,1H3,(H,18,19). The number of rotatable bonds is 4. The van der Waals surface area contributed by atoms with Crippen LogP contribution in [0.25, 0.3) is 5.69 Å². The third-order valence-corrected chi connectivity index (χ3v) is 3.47. The molecule has 2 rings (SSSR count). The summed E-state index contributed by atoms with van der Waals surface area (Å²) in [5.74, 6) is -0.319. The van der Waals surface area contributed by atoms with Crippen LogP contribution in [0.4, 0.5) is 5.82 Å². The average molecular weight is 288 g/mol. The van der Waals surface area contributed by atoms with Gasteiger partial charge >= 0.3 is 5.97 Å². The Balaban J connectivity index is 2.54. The number of carboxylic acid groups (broad SMARTS) is 1. The summed E-state index contributed by atoms with van der Waals surface area (Å²) >= 11 is 1.32. The van der Waals surface area contributed by atoms with Crippen LogP contribution in [0.5, 0.6) is 0 Å². The zero-order chi connectivity index (χ0) is 14.7. The van der Waals surface area contributed by atoms with Crippen molar-refractivity contribution >= 4 is 23.5 Å². The number of carbonyl (C=O) groups is 1. The first-order valence-corrected chi connectivity index (χ1v) is 6.82. The highest BCUT2D eigenvalue weighted by Crippen LogP contribution is 2.28. The molecule has 3 N–H and O–H groups in total. The molecule has 102 valence electrons. The molecule has 1 heterocycles. The fraction of sp³-hybridized carbons (Fsp3) is 0.154. The van der Waals surface area contributed by atoms with Crippen molar-refractivity contribution in [3.05, 3.63) is 35.4 Å². The molecule has 0 amide bonds. The predicted molar refractivity (Wildman–Crippen MR) is 76.0 cm³/mol. The topological polar surface area (TPSA) is 105 Å². The zero-order valence-corrected chi connectivity index (χ0v) is 11.5. The molecule has 0 atom stereocenters. The fourth-order valence-corrected chi connectivity index (χ4v) is 2.47. The van der Waals surface area contributed by atoms with Crippen molar-refractivity contribution < 1.29 is 9.90 Å². The van der Waals surface area contributed by atoms with E-state index < -0.39 is 5.97 Å². The summed E-state index contributed by atoms with van der Waals surface area (Å²) in [5.41, 5.74) is 7.03. The normalized spacial score (nSPS) is 10.2. The lowest BCUT2D eigenvalue weighted by atomic mass is 10.2. The summed E-state index contributed by atoms with van der Waals surface area (Å²) in [6, 6.07) is 8.62. The van der Waals surface area contributed by atoms with E-state index in [4.69, 9.17) is 11.0 Å². The molecule has 1 aromatic heterocycles. The van der Waals surface area contributed by atoms with Crippen LogP contribution in [-0.4, -0.2) is 26.6 Å². The number of nitriles is 1. The number of benzene rings is 1. The smallest absolute Gasteiger partial charge is 0.342 e. The van der Waals surface area contributed by atoms with Crippen LogP contribution >= 0.6 is 11.8 Å². The summed E-state index contributed by atoms with van der Waals surface area (Å²) < 4.78 is 1.38. The maximum absolute atomic E-state index is 11.3. The number of nitrogens with zero attached hydrogens (tertiary/aromatic N) is 3. The Morgan fingerprint density at radius 1 is 1.50 bits per heavy atom. The van der Waals surface area contributed by atoms with Crippen LogP contribution < -0.4 is 5.73 Å². The molecule has 0 aliphatic rings. The van der Waals surface area contributed by atoms with Crippen LogP contribution in [0.2, 0.25) is 0 Å². The second-order valence-corrected chi connectivity index (χ2v) is 5.13. The molecule has 20 heavy (non-hydrogen) atoms. The number of nitrogens with two attached hydrogens (primary N) is 1. The Bertz CT molecular complexity index is 686. The average Bonchev–Trinajstić information content (AvgIpc) is 2.76. The number of nitrogen functional groups attached to an aromatic ring is 1. The number of anilines is 1. The second kappa shape index (κ2) is 5.67. The number of hydrogen-bond acceptors (Lipinski definition) is 5. The van der Waals surface area contributed by atoms with Crippen molar-refractivity contribution in [1.82, 2.24) is 9.78 Å². The maximum Gasteiger partial charge on any atom is 0.342 e. The minimum absolute atomic E-state index is 0.0150. The molecule has 0 unspecified atom stereocenters. The molecule has 0 aliphatic heterocycles. The van der Waals surface area contributed by atoms with Crippen LogP contribution in [0, 0.1) is 11.3 Å². The molecule has 0 radical (unpaired) electrons. The van der Waals surface area contributed by atoms with Crippen molar-refractivity contribution in [2.45, 2.75) is 11.9 Å². The summed E-state index contributed by atoms with van der Waals surface area (Å²) in [6.45, 7) is 1.91. The highest BCUT2D eigenvalue weighted by Gasteiger charge is 2.22. The number of carboxylic acids is 1. The van der Waals surface area contributed by atoms with Gasteiger partial charge in [0.2, 0.25) is 0 Å². The van der Waals surface area contributed by atoms with Gasteiger partial charge in [0.25, 0.3) is 0 Å². The van der Waals surface area contributed by atoms with E-state index in [1.807, 2.05) is 13.0 Å².